The Morgan fingerprint density at radius 2 is 2.00 bits per heavy atom. The fourth-order valence-electron chi connectivity index (χ4n) is 1.86. The van der Waals surface area contributed by atoms with Crippen molar-refractivity contribution in [3.63, 3.8) is 0 Å². The Labute approximate surface area is 129 Å². The first-order valence-corrected chi connectivity index (χ1v) is 7.79. The van der Waals surface area contributed by atoms with Crippen LogP contribution in [0.5, 0.6) is 5.75 Å². The van der Waals surface area contributed by atoms with E-state index in [0.29, 0.717) is 12.2 Å². The zero-order valence-electron chi connectivity index (χ0n) is 11.9. The number of thioether (sulfide) groups is 1. The van der Waals surface area contributed by atoms with Crippen molar-refractivity contribution < 1.29 is 14.6 Å². The summed E-state index contributed by atoms with van der Waals surface area (Å²) in [6, 6.07) is 15.0. The molecule has 0 radical (unpaired) electrons. The van der Waals surface area contributed by atoms with Crippen LogP contribution in [0.3, 0.4) is 0 Å². The van der Waals surface area contributed by atoms with Crippen LogP contribution in [0.4, 0.5) is 0 Å². The Morgan fingerprint density at radius 1 is 1.19 bits per heavy atom. The van der Waals surface area contributed by atoms with Gasteiger partial charge in [0.25, 0.3) is 0 Å². The minimum atomic E-state index is -0.889. The number of carboxylic acid groups (broad SMARTS) is 1. The molecule has 2 rings (SSSR count). The Hall–Kier alpha value is -1.94. The van der Waals surface area contributed by atoms with Gasteiger partial charge in [-0.25, -0.2) is 4.79 Å². The van der Waals surface area contributed by atoms with Crippen LogP contribution in [-0.4, -0.2) is 23.4 Å². The van der Waals surface area contributed by atoms with Gasteiger partial charge in [-0.05, 0) is 49.2 Å². The van der Waals surface area contributed by atoms with E-state index in [1.54, 1.807) is 30.0 Å². The summed E-state index contributed by atoms with van der Waals surface area (Å²) < 4.78 is 5.68. The van der Waals surface area contributed by atoms with Crippen molar-refractivity contribution in [2.24, 2.45) is 0 Å². The lowest BCUT2D eigenvalue weighted by molar-refractivity contribution is 0.0696. The molecule has 1 N–H and O–H groups in total. The van der Waals surface area contributed by atoms with Gasteiger partial charge in [-0.3, -0.25) is 0 Å². The Bertz CT molecular complexity index is 610. The van der Waals surface area contributed by atoms with Crippen LogP contribution in [0.1, 0.15) is 22.3 Å². The third-order valence-corrected chi connectivity index (χ3v) is 3.98. The number of hydrogen-bond donors (Lipinski definition) is 1. The van der Waals surface area contributed by atoms with E-state index in [9.17, 15) is 4.79 Å². The van der Waals surface area contributed by atoms with E-state index in [0.717, 1.165) is 22.8 Å². The van der Waals surface area contributed by atoms with E-state index in [4.69, 9.17) is 9.84 Å². The number of aryl methyl sites for hydroxylation is 1. The molecule has 0 unspecified atom stereocenters. The molecule has 21 heavy (non-hydrogen) atoms. The quantitative estimate of drug-likeness (QED) is 0.613. The van der Waals surface area contributed by atoms with Crippen molar-refractivity contribution in [2.75, 3.05) is 12.4 Å². The van der Waals surface area contributed by atoms with Crippen LogP contribution in [0.2, 0.25) is 0 Å². The first-order valence-electron chi connectivity index (χ1n) is 6.81. The van der Waals surface area contributed by atoms with E-state index in [-0.39, 0.29) is 0 Å². The minimum absolute atomic E-state index is 0.330. The van der Waals surface area contributed by atoms with Gasteiger partial charge in [0.2, 0.25) is 0 Å². The maximum atomic E-state index is 10.9. The van der Waals surface area contributed by atoms with Gasteiger partial charge in [-0.15, -0.1) is 11.8 Å². The van der Waals surface area contributed by atoms with Crippen LogP contribution in [0.25, 0.3) is 0 Å². The Balaban J connectivity index is 1.72. The molecular formula is C17H18O3S. The van der Waals surface area contributed by atoms with Crippen LogP contribution in [-0.2, 0) is 0 Å². The molecule has 2 aromatic rings. The summed E-state index contributed by atoms with van der Waals surface area (Å²) in [6.07, 6.45) is 0.913. The minimum Gasteiger partial charge on any atom is -0.494 e. The first kappa shape index (κ1) is 15.4. The molecule has 0 saturated heterocycles. The molecule has 2 aromatic carbocycles. The summed E-state index contributed by atoms with van der Waals surface area (Å²) in [7, 11) is 0. The van der Waals surface area contributed by atoms with Gasteiger partial charge in [0.15, 0.2) is 0 Å². The van der Waals surface area contributed by atoms with Crippen molar-refractivity contribution in [2.45, 2.75) is 18.2 Å². The van der Waals surface area contributed by atoms with Crippen LogP contribution in [0, 0.1) is 6.92 Å². The molecule has 0 aromatic heterocycles. The number of carbonyl (C=O) groups is 1. The molecule has 0 heterocycles. The zero-order valence-corrected chi connectivity index (χ0v) is 12.7. The lowest BCUT2D eigenvalue weighted by Gasteiger charge is -2.07. The molecule has 0 amide bonds. The summed E-state index contributed by atoms with van der Waals surface area (Å²) in [5.41, 5.74) is 1.52. The molecule has 0 saturated carbocycles. The molecule has 110 valence electrons. The fraction of sp³-hybridized carbons (Fsp3) is 0.235. The van der Waals surface area contributed by atoms with Crippen LogP contribution >= 0.6 is 11.8 Å². The first-order chi connectivity index (χ1) is 10.1. The molecular weight excluding hydrogens is 284 g/mol. The van der Waals surface area contributed by atoms with E-state index in [2.05, 4.69) is 0 Å². The van der Waals surface area contributed by atoms with Crippen molar-refractivity contribution in [1.82, 2.24) is 0 Å². The lowest BCUT2D eigenvalue weighted by atomic mass is 10.2. The van der Waals surface area contributed by atoms with Gasteiger partial charge in [-0.1, -0.05) is 18.2 Å². The lowest BCUT2D eigenvalue weighted by Crippen LogP contribution is -1.99. The largest absolute Gasteiger partial charge is 0.494 e. The zero-order chi connectivity index (χ0) is 15.1. The normalized spacial score (nSPS) is 10.3. The van der Waals surface area contributed by atoms with Crippen molar-refractivity contribution in [1.29, 1.82) is 0 Å². The number of benzene rings is 2. The summed E-state index contributed by atoms with van der Waals surface area (Å²) >= 11 is 1.65. The smallest absolute Gasteiger partial charge is 0.335 e. The maximum absolute atomic E-state index is 10.9. The highest BCUT2D eigenvalue weighted by molar-refractivity contribution is 7.99. The third-order valence-electron chi connectivity index (χ3n) is 2.90. The summed E-state index contributed by atoms with van der Waals surface area (Å²) in [6.45, 7) is 2.70. The van der Waals surface area contributed by atoms with Gasteiger partial charge >= 0.3 is 5.97 Å². The predicted molar refractivity (Wildman–Crippen MR) is 85.4 cm³/mol. The monoisotopic (exact) mass is 302 g/mol. The Kier molecular flexibility index (Phi) is 5.69. The molecule has 0 spiro atoms. The standard InChI is InChI=1S/C17H18O3S/c1-13-5-2-7-15(11-13)20-9-4-10-21-16-8-3-6-14(12-16)17(18)19/h2-3,5-8,11-12H,4,9-10H2,1H3,(H,18,19). The fourth-order valence-corrected chi connectivity index (χ4v) is 2.75. The van der Waals surface area contributed by atoms with E-state index in [1.165, 1.54) is 5.56 Å². The highest BCUT2D eigenvalue weighted by atomic mass is 32.2. The van der Waals surface area contributed by atoms with Gasteiger partial charge in [0.1, 0.15) is 5.75 Å². The van der Waals surface area contributed by atoms with E-state index < -0.39 is 5.97 Å². The highest BCUT2D eigenvalue weighted by Gasteiger charge is 2.03. The molecule has 0 aliphatic rings. The van der Waals surface area contributed by atoms with Crippen LogP contribution in [0.15, 0.2) is 53.4 Å². The van der Waals surface area contributed by atoms with Gasteiger partial charge < -0.3 is 9.84 Å². The van der Waals surface area contributed by atoms with Crippen molar-refractivity contribution >= 4 is 17.7 Å². The highest BCUT2D eigenvalue weighted by Crippen LogP contribution is 2.20. The topological polar surface area (TPSA) is 46.5 Å². The number of aromatic carboxylic acids is 1. The second-order valence-corrected chi connectivity index (χ2v) is 5.87. The summed E-state index contributed by atoms with van der Waals surface area (Å²) in [4.78, 5) is 11.9. The number of carboxylic acids is 1. The molecule has 0 aliphatic carbocycles. The van der Waals surface area contributed by atoms with Crippen molar-refractivity contribution in [3.05, 3.63) is 59.7 Å². The molecule has 4 heteroatoms. The molecule has 0 bridgehead atoms. The summed E-state index contributed by atoms with van der Waals surface area (Å²) in [5, 5.41) is 8.94. The van der Waals surface area contributed by atoms with Crippen LogP contribution < -0.4 is 4.74 Å². The maximum Gasteiger partial charge on any atom is 0.335 e. The van der Waals surface area contributed by atoms with Gasteiger partial charge in [0.05, 0.1) is 12.2 Å². The summed E-state index contributed by atoms with van der Waals surface area (Å²) in [5.74, 6) is 0.905. The second-order valence-electron chi connectivity index (χ2n) is 4.70. The molecule has 0 aliphatic heterocycles. The molecule has 0 fully saturated rings. The predicted octanol–water partition coefficient (Wildman–Crippen LogP) is 4.25. The molecule has 3 nitrogen and oxygen atoms in total. The van der Waals surface area contributed by atoms with E-state index in [1.807, 2.05) is 37.3 Å². The van der Waals surface area contributed by atoms with Gasteiger partial charge in [0, 0.05) is 10.6 Å². The second kappa shape index (κ2) is 7.74. The number of ether oxygens (including phenoxy) is 1. The third kappa shape index (κ3) is 5.16. The average molecular weight is 302 g/mol. The SMILES string of the molecule is Cc1cccc(OCCCSc2cccc(C(=O)O)c2)c1. The van der Waals surface area contributed by atoms with Crippen molar-refractivity contribution in [3.8, 4) is 5.75 Å². The number of hydrogen-bond acceptors (Lipinski definition) is 3. The Morgan fingerprint density at radius 3 is 2.76 bits per heavy atom. The molecule has 0 atom stereocenters. The van der Waals surface area contributed by atoms with E-state index >= 15 is 0 Å². The number of rotatable bonds is 7. The average Bonchev–Trinajstić information content (AvgIpc) is 2.47. The van der Waals surface area contributed by atoms with Gasteiger partial charge in [-0.2, -0.15) is 0 Å².